The van der Waals surface area contributed by atoms with Crippen LogP contribution in [0, 0.1) is 0 Å². The van der Waals surface area contributed by atoms with E-state index in [1.165, 1.54) is 12.8 Å². The van der Waals surface area contributed by atoms with Crippen molar-refractivity contribution in [3.63, 3.8) is 0 Å². The molecule has 0 aromatic carbocycles. The lowest BCUT2D eigenvalue weighted by Gasteiger charge is -2.05. The van der Waals surface area contributed by atoms with Gasteiger partial charge in [0, 0.05) is 0 Å². The zero-order valence-electron chi connectivity index (χ0n) is 8.87. The average molecular weight is 199 g/mol. The molecule has 0 bridgehead atoms. The molecule has 1 nitrogen and oxygen atoms in total. The molecule has 0 heterocycles. The van der Waals surface area contributed by atoms with Gasteiger partial charge in [-0.25, -0.2) is 0 Å². The van der Waals surface area contributed by atoms with Crippen molar-refractivity contribution in [2.24, 2.45) is 0 Å². The van der Waals surface area contributed by atoms with Crippen molar-refractivity contribution in [2.45, 2.75) is 57.9 Å². The third-order valence-corrected chi connectivity index (χ3v) is 4.03. The fraction of sp³-hybridized carbons (Fsp3) is 0.900. The van der Waals surface area contributed by atoms with Crippen molar-refractivity contribution in [2.75, 3.05) is 0 Å². The molecule has 0 aliphatic carbocycles. The van der Waals surface area contributed by atoms with Gasteiger partial charge in [0.05, 0.1) is 7.85 Å². The van der Waals surface area contributed by atoms with Crippen molar-refractivity contribution in [3.8, 4) is 0 Å². The van der Waals surface area contributed by atoms with Crippen LogP contribution < -0.4 is 0 Å². The van der Waals surface area contributed by atoms with Crippen molar-refractivity contribution in [1.82, 2.24) is 0 Å². The fourth-order valence-corrected chi connectivity index (χ4v) is 2.92. The third-order valence-electron chi connectivity index (χ3n) is 2.18. The number of hydrogen-bond donors (Lipinski definition) is 1. The summed E-state index contributed by atoms with van der Waals surface area (Å²) in [4.78, 5) is 9.80. The van der Waals surface area contributed by atoms with Gasteiger partial charge in [-0.3, -0.25) is 0 Å². The Kier molecular flexibility index (Phi) is 8.91. The normalized spacial score (nSPS) is 14.5. The smallest absolute Gasteiger partial charge is 0.193 e. The Hall–Kier alpha value is 0.195. The molecule has 0 saturated heterocycles. The standard InChI is InChI=1S/C10H21BOP/c1-3-5-7-10(6-4-2)13(12)9-8-11/h9-10,12H,3-8H2,1-2H3/q+1. The van der Waals surface area contributed by atoms with Crippen LogP contribution in [-0.2, 0) is 0 Å². The van der Waals surface area contributed by atoms with Crippen molar-refractivity contribution < 1.29 is 4.89 Å². The van der Waals surface area contributed by atoms with Crippen LogP contribution in [0.2, 0.25) is 6.32 Å². The summed E-state index contributed by atoms with van der Waals surface area (Å²) >= 11 is 0. The highest BCUT2D eigenvalue weighted by Crippen LogP contribution is 2.32. The van der Waals surface area contributed by atoms with Crippen molar-refractivity contribution >= 4 is 21.4 Å². The summed E-state index contributed by atoms with van der Waals surface area (Å²) in [6.45, 7) is 4.36. The minimum Gasteiger partial charge on any atom is -0.193 e. The Morgan fingerprint density at radius 3 is 2.46 bits per heavy atom. The Morgan fingerprint density at radius 1 is 1.31 bits per heavy atom. The van der Waals surface area contributed by atoms with Crippen LogP contribution in [0.1, 0.15) is 46.0 Å². The van der Waals surface area contributed by atoms with Gasteiger partial charge in [0.2, 0.25) is 7.77 Å². The van der Waals surface area contributed by atoms with Gasteiger partial charge in [-0.05, 0) is 25.6 Å². The summed E-state index contributed by atoms with van der Waals surface area (Å²) in [7, 11) is 4.48. The molecule has 3 heteroatoms. The molecule has 13 heavy (non-hydrogen) atoms. The molecule has 2 radical (unpaired) electrons. The van der Waals surface area contributed by atoms with E-state index in [0.29, 0.717) is 12.0 Å². The van der Waals surface area contributed by atoms with E-state index in [0.717, 1.165) is 19.3 Å². The number of hydrogen-bond acceptors (Lipinski definition) is 1. The van der Waals surface area contributed by atoms with Gasteiger partial charge >= 0.3 is 0 Å². The van der Waals surface area contributed by atoms with Gasteiger partial charge in [0.25, 0.3) is 0 Å². The molecule has 74 valence electrons. The summed E-state index contributed by atoms with van der Waals surface area (Å²) < 4.78 is 0. The van der Waals surface area contributed by atoms with E-state index in [1.54, 1.807) is 0 Å². The highest BCUT2D eigenvalue weighted by Gasteiger charge is 2.21. The molecule has 2 atom stereocenters. The van der Waals surface area contributed by atoms with Crippen molar-refractivity contribution in [1.29, 1.82) is 0 Å². The Bertz CT molecular complexity index is 148. The number of rotatable bonds is 7. The second-order valence-corrected chi connectivity index (χ2v) is 5.24. The maximum atomic E-state index is 9.80. The topological polar surface area (TPSA) is 20.2 Å². The lowest BCUT2D eigenvalue weighted by molar-refractivity contribution is 0.572. The fourth-order valence-electron chi connectivity index (χ4n) is 1.44. The predicted molar refractivity (Wildman–Crippen MR) is 64.0 cm³/mol. The first kappa shape index (κ1) is 13.2. The molecule has 0 aromatic rings. The summed E-state index contributed by atoms with van der Waals surface area (Å²) in [6.07, 6.45) is 6.40. The minimum atomic E-state index is -0.912. The maximum absolute atomic E-state index is 9.80. The van der Waals surface area contributed by atoms with Crippen LogP contribution in [0.3, 0.4) is 0 Å². The van der Waals surface area contributed by atoms with Gasteiger partial charge in [-0.2, -0.15) is 4.89 Å². The van der Waals surface area contributed by atoms with E-state index in [1.807, 2.05) is 5.80 Å². The van der Waals surface area contributed by atoms with E-state index in [2.05, 4.69) is 13.8 Å². The second-order valence-electron chi connectivity index (χ2n) is 3.38. The maximum Gasteiger partial charge on any atom is 0.249 e. The Labute approximate surface area is 84.8 Å². The van der Waals surface area contributed by atoms with Gasteiger partial charge in [-0.1, -0.05) is 26.7 Å². The highest BCUT2D eigenvalue weighted by atomic mass is 31.1. The molecule has 0 fully saturated rings. The largest absolute Gasteiger partial charge is 0.249 e. The molecule has 0 aromatic heterocycles. The molecular formula is C10H21BOP+. The van der Waals surface area contributed by atoms with Gasteiger partial charge in [0.15, 0.2) is 0 Å². The molecular weight excluding hydrogens is 178 g/mol. The minimum absolute atomic E-state index is 0.489. The van der Waals surface area contributed by atoms with Gasteiger partial charge in [0.1, 0.15) is 11.5 Å². The molecule has 0 amide bonds. The Morgan fingerprint density at radius 2 is 2.00 bits per heavy atom. The molecule has 1 N–H and O–H groups in total. The first-order chi connectivity index (χ1) is 6.26. The van der Waals surface area contributed by atoms with Crippen molar-refractivity contribution in [3.05, 3.63) is 0 Å². The SMILES string of the molecule is [B]CC=[P+](O)C(CCC)CCCC. The van der Waals surface area contributed by atoms with Crippen LogP contribution in [0.25, 0.3) is 0 Å². The van der Waals surface area contributed by atoms with E-state index in [4.69, 9.17) is 7.85 Å². The van der Waals surface area contributed by atoms with Crippen LogP contribution in [0.5, 0.6) is 0 Å². The van der Waals surface area contributed by atoms with Crippen LogP contribution >= 0.6 is 7.77 Å². The van der Waals surface area contributed by atoms with E-state index < -0.39 is 7.77 Å². The van der Waals surface area contributed by atoms with Crippen LogP contribution in [-0.4, -0.2) is 24.2 Å². The molecule has 0 rings (SSSR count). The molecule has 0 spiro atoms. The molecule has 0 saturated carbocycles. The third kappa shape index (κ3) is 6.29. The number of unbranched alkanes of at least 4 members (excludes halogenated alkanes) is 1. The second kappa shape index (κ2) is 8.78. The van der Waals surface area contributed by atoms with Crippen LogP contribution in [0.15, 0.2) is 0 Å². The first-order valence-corrected chi connectivity index (χ1v) is 6.70. The van der Waals surface area contributed by atoms with Gasteiger partial charge in [-0.15, -0.1) is 0 Å². The lowest BCUT2D eigenvalue weighted by Crippen LogP contribution is -2.02. The summed E-state index contributed by atoms with van der Waals surface area (Å²) in [6, 6.07) is 0. The molecule has 2 unspecified atom stereocenters. The van der Waals surface area contributed by atoms with Gasteiger partial charge < -0.3 is 0 Å². The average Bonchev–Trinajstić information content (AvgIpc) is 2.12. The van der Waals surface area contributed by atoms with E-state index >= 15 is 0 Å². The highest BCUT2D eigenvalue weighted by molar-refractivity contribution is 7.52. The first-order valence-electron chi connectivity index (χ1n) is 5.26. The summed E-state index contributed by atoms with van der Waals surface area (Å²) in [5.74, 6) is 1.88. The monoisotopic (exact) mass is 199 g/mol. The van der Waals surface area contributed by atoms with Crippen LogP contribution in [0.4, 0.5) is 0 Å². The summed E-state index contributed by atoms with van der Waals surface area (Å²) in [5.41, 5.74) is 0.489. The molecule has 0 aliphatic rings. The van der Waals surface area contributed by atoms with E-state index in [-0.39, 0.29) is 0 Å². The molecule has 0 aliphatic heterocycles. The quantitative estimate of drug-likeness (QED) is 0.493. The van der Waals surface area contributed by atoms with E-state index in [9.17, 15) is 4.89 Å². The lowest BCUT2D eigenvalue weighted by atomic mass is 10.1. The zero-order valence-corrected chi connectivity index (χ0v) is 9.76. The Balaban J connectivity index is 3.98. The summed E-state index contributed by atoms with van der Waals surface area (Å²) in [5, 5.41) is 0. The zero-order chi connectivity index (χ0) is 10.1. The predicted octanol–water partition coefficient (Wildman–Crippen LogP) is 3.12.